The van der Waals surface area contributed by atoms with Crippen molar-refractivity contribution in [1.82, 2.24) is 4.98 Å². The predicted molar refractivity (Wildman–Crippen MR) is 125 cm³/mol. The molecule has 0 saturated heterocycles. The van der Waals surface area contributed by atoms with E-state index in [1.807, 2.05) is 17.5 Å². The number of carbonyl (C=O) groups is 1. The number of hydrogen-bond acceptors (Lipinski definition) is 4. The van der Waals surface area contributed by atoms with Crippen molar-refractivity contribution in [2.75, 3.05) is 0 Å². The second kappa shape index (κ2) is 8.70. The van der Waals surface area contributed by atoms with E-state index in [0.29, 0.717) is 48.0 Å². The average Bonchev–Trinajstić information content (AvgIpc) is 3.26. The third-order valence-corrected chi connectivity index (χ3v) is 6.56. The Balaban J connectivity index is 1.77. The lowest BCUT2D eigenvalue weighted by molar-refractivity contribution is 0.0698. The van der Waals surface area contributed by atoms with E-state index in [9.17, 15) is 9.90 Å². The van der Waals surface area contributed by atoms with E-state index in [4.69, 9.17) is 40.1 Å². The van der Waals surface area contributed by atoms with Crippen molar-refractivity contribution >= 4 is 52.1 Å². The minimum atomic E-state index is -1.10. The Morgan fingerprint density at radius 2 is 1.65 bits per heavy atom. The molecular formula is C23H11Cl3N2O2S. The molecule has 152 valence electrons. The van der Waals surface area contributed by atoms with Crippen LogP contribution in [0.1, 0.15) is 15.9 Å². The molecule has 8 heteroatoms. The van der Waals surface area contributed by atoms with E-state index >= 15 is 0 Å². The van der Waals surface area contributed by atoms with E-state index in [2.05, 4.69) is 4.98 Å². The van der Waals surface area contributed by atoms with E-state index in [1.54, 1.807) is 48.5 Å². The summed E-state index contributed by atoms with van der Waals surface area (Å²) in [6.45, 7) is 0. The van der Waals surface area contributed by atoms with Gasteiger partial charge in [-0.1, -0.05) is 53.0 Å². The Kier molecular flexibility index (Phi) is 5.99. The zero-order valence-electron chi connectivity index (χ0n) is 15.6. The molecule has 0 saturated carbocycles. The third-order valence-electron chi connectivity index (χ3n) is 4.60. The van der Waals surface area contributed by atoms with Crippen molar-refractivity contribution in [2.45, 2.75) is 0 Å². The van der Waals surface area contributed by atoms with Crippen molar-refractivity contribution in [1.29, 1.82) is 5.26 Å². The number of aromatic carboxylic acids is 1. The molecule has 0 unspecified atom stereocenters. The zero-order valence-corrected chi connectivity index (χ0v) is 18.6. The number of rotatable bonds is 4. The highest BCUT2D eigenvalue weighted by Crippen LogP contribution is 2.36. The first-order valence-corrected chi connectivity index (χ1v) is 10.9. The first-order chi connectivity index (χ1) is 14.9. The van der Waals surface area contributed by atoms with E-state index in [-0.39, 0.29) is 5.56 Å². The number of hydrogen-bond donors (Lipinski definition) is 1. The number of benzene rings is 3. The summed E-state index contributed by atoms with van der Waals surface area (Å²) < 4.78 is 0. The van der Waals surface area contributed by atoms with Gasteiger partial charge in [0.15, 0.2) is 0 Å². The van der Waals surface area contributed by atoms with Crippen LogP contribution in [0.25, 0.3) is 33.0 Å². The number of nitrogens with zero attached hydrogens (tertiary/aromatic N) is 2. The standard InChI is InChI=1S/C23H11Cl3N2O2S/c24-18-5-1-12(10-27)7-16(18)15-4-2-14(8-17(15)23(29)30)22-28-21(11-31-22)13-3-6-19(25)20(26)9-13/h1-9,11H,(H,29,30). The van der Waals surface area contributed by atoms with Crippen molar-refractivity contribution in [3.63, 3.8) is 0 Å². The molecule has 0 bridgehead atoms. The largest absolute Gasteiger partial charge is 0.478 e. The van der Waals surface area contributed by atoms with E-state index < -0.39 is 5.97 Å². The van der Waals surface area contributed by atoms with Gasteiger partial charge in [0.05, 0.1) is 32.9 Å². The van der Waals surface area contributed by atoms with Gasteiger partial charge in [0, 0.05) is 27.1 Å². The average molecular weight is 486 g/mol. The summed E-state index contributed by atoms with van der Waals surface area (Å²) in [5.41, 5.74) is 3.56. The Bertz CT molecular complexity index is 1380. The molecular weight excluding hydrogens is 475 g/mol. The number of aromatic nitrogens is 1. The fourth-order valence-electron chi connectivity index (χ4n) is 3.08. The van der Waals surface area contributed by atoms with Gasteiger partial charge in [0.2, 0.25) is 0 Å². The van der Waals surface area contributed by atoms with Crippen LogP contribution in [0, 0.1) is 11.3 Å². The van der Waals surface area contributed by atoms with Crippen molar-refractivity contribution in [3.05, 3.63) is 86.2 Å². The number of carboxylic acid groups (broad SMARTS) is 1. The highest BCUT2D eigenvalue weighted by Gasteiger charge is 2.17. The van der Waals surface area contributed by atoms with E-state index in [0.717, 1.165) is 5.56 Å². The van der Waals surface area contributed by atoms with Crippen LogP contribution in [0.2, 0.25) is 15.1 Å². The number of halogens is 3. The molecule has 1 heterocycles. The smallest absolute Gasteiger partial charge is 0.336 e. The topological polar surface area (TPSA) is 74.0 Å². The van der Waals surface area contributed by atoms with Crippen LogP contribution in [0.15, 0.2) is 60.0 Å². The maximum atomic E-state index is 12.0. The third kappa shape index (κ3) is 4.30. The molecule has 1 aromatic heterocycles. The maximum absolute atomic E-state index is 12.0. The summed E-state index contributed by atoms with van der Waals surface area (Å²) in [4.78, 5) is 16.6. The monoisotopic (exact) mass is 484 g/mol. The van der Waals surface area contributed by atoms with Crippen LogP contribution >= 0.6 is 46.1 Å². The summed E-state index contributed by atoms with van der Waals surface area (Å²) in [6, 6.07) is 17.1. The molecule has 0 atom stereocenters. The molecule has 0 spiro atoms. The van der Waals surface area contributed by atoms with Gasteiger partial charge >= 0.3 is 5.97 Å². The number of thiazole rings is 1. The van der Waals surface area contributed by atoms with Crippen LogP contribution < -0.4 is 0 Å². The number of carboxylic acids is 1. The second-order valence-electron chi connectivity index (χ2n) is 6.54. The van der Waals surface area contributed by atoms with Gasteiger partial charge < -0.3 is 5.11 Å². The minimum absolute atomic E-state index is 0.0702. The molecule has 1 N–H and O–H groups in total. The van der Waals surface area contributed by atoms with Crippen molar-refractivity contribution in [3.8, 4) is 39.0 Å². The molecule has 0 aliphatic heterocycles. The SMILES string of the molecule is N#Cc1ccc(Cl)c(-c2ccc(-c3nc(-c4ccc(Cl)c(Cl)c4)cs3)cc2C(=O)O)c1. The molecule has 0 fully saturated rings. The molecule has 0 radical (unpaired) electrons. The molecule has 0 aliphatic rings. The van der Waals surface area contributed by atoms with Gasteiger partial charge in [-0.25, -0.2) is 9.78 Å². The summed E-state index contributed by atoms with van der Waals surface area (Å²) in [5.74, 6) is -1.10. The summed E-state index contributed by atoms with van der Waals surface area (Å²) in [7, 11) is 0. The molecule has 3 aromatic carbocycles. The Morgan fingerprint density at radius 3 is 2.35 bits per heavy atom. The lowest BCUT2D eigenvalue weighted by Crippen LogP contribution is -2.00. The summed E-state index contributed by atoms with van der Waals surface area (Å²) in [6.07, 6.45) is 0. The summed E-state index contributed by atoms with van der Waals surface area (Å²) in [5, 5.41) is 22.8. The van der Waals surface area contributed by atoms with Gasteiger partial charge in [-0.15, -0.1) is 11.3 Å². The van der Waals surface area contributed by atoms with Crippen LogP contribution in [0.4, 0.5) is 0 Å². The predicted octanol–water partition coefficient (Wildman–Crippen LogP) is 7.67. The van der Waals surface area contributed by atoms with Crippen LogP contribution in [0.5, 0.6) is 0 Å². The fraction of sp³-hybridized carbons (Fsp3) is 0. The van der Waals surface area contributed by atoms with Crippen molar-refractivity contribution in [2.24, 2.45) is 0 Å². The first-order valence-electron chi connectivity index (χ1n) is 8.86. The second-order valence-corrected chi connectivity index (χ2v) is 8.62. The van der Waals surface area contributed by atoms with Gasteiger partial charge in [-0.3, -0.25) is 0 Å². The lowest BCUT2D eigenvalue weighted by Gasteiger charge is -2.10. The van der Waals surface area contributed by atoms with Gasteiger partial charge in [-0.05, 0) is 42.0 Å². The molecule has 31 heavy (non-hydrogen) atoms. The highest BCUT2D eigenvalue weighted by atomic mass is 35.5. The molecule has 4 rings (SSSR count). The van der Waals surface area contributed by atoms with Gasteiger partial charge in [0.25, 0.3) is 0 Å². The zero-order chi connectivity index (χ0) is 22.1. The van der Waals surface area contributed by atoms with Crippen molar-refractivity contribution < 1.29 is 9.90 Å². The highest BCUT2D eigenvalue weighted by molar-refractivity contribution is 7.13. The van der Waals surface area contributed by atoms with E-state index in [1.165, 1.54) is 11.3 Å². The summed E-state index contributed by atoms with van der Waals surface area (Å²) >= 11 is 19.8. The first kappa shape index (κ1) is 21.4. The fourth-order valence-corrected chi connectivity index (χ4v) is 4.43. The Hall–Kier alpha value is -2.88. The molecule has 4 nitrogen and oxygen atoms in total. The quantitative estimate of drug-likeness (QED) is 0.322. The normalized spacial score (nSPS) is 10.6. The molecule has 4 aromatic rings. The lowest BCUT2D eigenvalue weighted by atomic mass is 9.96. The van der Waals surface area contributed by atoms with Gasteiger partial charge in [0.1, 0.15) is 5.01 Å². The minimum Gasteiger partial charge on any atom is -0.478 e. The Morgan fingerprint density at radius 1 is 0.903 bits per heavy atom. The van der Waals surface area contributed by atoms with Crippen LogP contribution in [-0.2, 0) is 0 Å². The molecule has 0 amide bonds. The Labute approximate surface area is 196 Å². The molecule has 0 aliphatic carbocycles. The van der Waals surface area contributed by atoms with Crippen LogP contribution in [0.3, 0.4) is 0 Å². The van der Waals surface area contributed by atoms with Crippen LogP contribution in [-0.4, -0.2) is 16.1 Å². The number of nitriles is 1. The van der Waals surface area contributed by atoms with Gasteiger partial charge in [-0.2, -0.15) is 5.26 Å². The maximum Gasteiger partial charge on any atom is 0.336 e.